The summed E-state index contributed by atoms with van der Waals surface area (Å²) in [5.41, 5.74) is 3.50. The lowest BCUT2D eigenvalue weighted by Crippen LogP contribution is -1.97. The number of benzene rings is 2. The molecule has 3 rings (SSSR count). The van der Waals surface area contributed by atoms with Crippen molar-refractivity contribution < 1.29 is 4.79 Å². The molecule has 16 heavy (non-hydrogen) atoms. The van der Waals surface area contributed by atoms with Gasteiger partial charge in [0.2, 0.25) is 0 Å². The second-order valence-electron chi connectivity index (χ2n) is 3.71. The fraction of sp³-hybridized carbons (Fsp3) is 0. The predicted octanol–water partition coefficient (Wildman–Crippen LogP) is 2.77. The van der Waals surface area contributed by atoms with Gasteiger partial charge in [0, 0.05) is 11.1 Å². The quantitative estimate of drug-likeness (QED) is 0.566. The number of nitriles is 1. The van der Waals surface area contributed by atoms with Gasteiger partial charge in [0.15, 0.2) is 5.78 Å². The van der Waals surface area contributed by atoms with Gasteiger partial charge in [-0.1, -0.05) is 36.4 Å². The fourth-order valence-electron chi connectivity index (χ4n) is 2.17. The van der Waals surface area contributed by atoms with E-state index in [1.807, 2.05) is 30.3 Å². The number of rotatable bonds is 0. The first kappa shape index (κ1) is 8.87. The number of nitrogens with zero attached hydrogens (tertiary/aromatic N) is 1. The van der Waals surface area contributed by atoms with Crippen LogP contribution in [0.5, 0.6) is 0 Å². The van der Waals surface area contributed by atoms with E-state index < -0.39 is 0 Å². The highest BCUT2D eigenvalue weighted by molar-refractivity contribution is 6.22. The van der Waals surface area contributed by atoms with Gasteiger partial charge in [-0.3, -0.25) is 4.79 Å². The Morgan fingerprint density at radius 1 is 0.875 bits per heavy atom. The molecule has 0 heterocycles. The zero-order valence-corrected chi connectivity index (χ0v) is 8.40. The highest BCUT2D eigenvalue weighted by atomic mass is 16.1. The van der Waals surface area contributed by atoms with Gasteiger partial charge in [0.25, 0.3) is 0 Å². The van der Waals surface area contributed by atoms with E-state index in [9.17, 15) is 4.79 Å². The average Bonchev–Trinajstić information content (AvgIpc) is 2.64. The predicted molar refractivity (Wildman–Crippen MR) is 60.0 cm³/mol. The van der Waals surface area contributed by atoms with Crippen molar-refractivity contribution in [1.82, 2.24) is 0 Å². The van der Waals surface area contributed by atoms with E-state index in [2.05, 4.69) is 6.07 Å². The Kier molecular flexibility index (Phi) is 1.69. The van der Waals surface area contributed by atoms with E-state index in [0.29, 0.717) is 16.7 Å². The van der Waals surface area contributed by atoms with Crippen LogP contribution in [-0.4, -0.2) is 5.78 Å². The number of hydrogen-bond donors (Lipinski definition) is 0. The highest BCUT2D eigenvalue weighted by Gasteiger charge is 2.28. The number of carbonyl (C=O) groups excluding carboxylic acids is 1. The molecule has 0 unspecified atom stereocenters. The van der Waals surface area contributed by atoms with Crippen molar-refractivity contribution in [2.45, 2.75) is 0 Å². The third-order valence-electron chi connectivity index (χ3n) is 2.87. The summed E-state index contributed by atoms with van der Waals surface area (Å²) in [6, 6.07) is 14.9. The monoisotopic (exact) mass is 205 g/mol. The molecule has 0 spiro atoms. The zero-order chi connectivity index (χ0) is 11.1. The molecule has 0 aromatic heterocycles. The number of fused-ring (bicyclic) bond motifs is 3. The second kappa shape index (κ2) is 3.04. The molecule has 1 aliphatic rings. The third kappa shape index (κ3) is 0.973. The first-order valence-corrected chi connectivity index (χ1v) is 5.00. The SMILES string of the molecule is N#Cc1cccc2c1C(=O)c1ccccc1-2. The van der Waals surface area contributed by atoms with Crippen molar-refractivity contribution in [2.75, 3.05) is 0 Å². The zero-order valence-electron chi connectivity index (χ0n) is 8.40. The molecule has 0 atom stereocenters. The minimum atomic E-state index is -0.0391. The lowest BCUT2D eigenvalue weighted by molar-refractivity contribution is 0.104. The van der Waals surface area contributed by atoms with Gasteiger partial charge in [-0.2, -0.15) is 5.26 Å². The molecular weight excluding hydrogens is 198 g/mol. The molecule has 74 valence electrons. The van der Waals surface area contributed by atoms with Crippen molar-refractivity contribution in [3.63, 3.8) is 0 Å². The van der Waals surface area contributed by atoms with Crippen LogP contribution in [0, 0.1) is 11.3 Å². The second-order valence-corrected chi connectivity index (χ2v) is 3.71. The van der Waals surface area contributed by atoms with E-state index in [0.717, 1.165) is 11.1 Å². The van der Waals surface area contributed by atoms with Crippen LogP contribution in [0.25, 0.3) is 11.1 Å². The van der Waals surface area contributed by atoms with Crippen molar-refractivity contribution in [3.8, 4) is 17.2 Å². The van der Waals surface area contributed by atoms with Gasteiger partial charge in [-0.05, 0) is 17.2 Å². The normalized spacial score (nSPS) is 11.8. The summed E-state index contributed by atoms with van der Waals surface area (Å²) in [6.45, 7) is 0. The lowest BCUT2D eigenvalue weighted by Gasteiger charge is -1.99. The van der Waals surface area contributed by atoms with Gasteiger partial charge < -0.3 is 0 Å². The van der Waals surface area contributed by atoms with Crippen LogP contribution < -0.4 is 0 Å². The van der Waals surface area contributed by atoms with E-state index in [4.69, 9.17) is 5.26 Å². The topological polar surface area (TPSA) is 40.9 Å². The van der Waals surface area contributed by atoms with Crippen LogP contribution in [-0.2, 0) is 0 Å². The van der Waals surface area contributed by atoms with Gasteiger partial charge in [-0.25, -0.2) is 0 Å². The molecule has 0 N–H and O–H groups in total. The molecule has 0 bridgehead atoms. The molecule has 0 saturated carbocycles. The summed E-state index contributed by atoms with van der Waals surface area (Å²) < 4.78 is 0. The van der Waals surface area contributed by atoms with E-state index >= 15 is 0 Å². The van der Waals surface area contributed by atoms with Crippen LogP contribution in [0.2, 0.25) is 0 Å². The molecule has 2 nitrogen and oxygen atoms in total. The first-order valence-electron chi connectivity index (χ1n) is 5.00. The Labute approximate surface area is 92.8 Å². The fourth-order valence-corrected chi connectivity index (χ4v) is 2.17. The van der Waals surface area contributed by atoms with Gasteiger partial charge in [0.1, 0.15) is 0 Å². The number of carbonyl (C=O) groups is 1. The van der Waals surface area contributed by atoms with E-state index in [-0.39, 0.29) is 5.78 Å². The van der Waals surface area contributed by atoms with E-state index in [1.165, 1.54) is 0 Å². The summed E-state index contributed by atoms with van der Waals surface area (Å²) in [6.07, 6.45) is 0. The molecule has 2 heteroatoms. The summed E-state index contributed by atoms with van der Waals surface area (Å²) in [5.74, 6) is -0.0391. The summed E-state index contributed by atoms with van der Waals surface area (Å²) in [4.78, 5) is 12.1. The van der Waals surface area contributed by atoms with Crippen molar-refractivity contribution in [3.05, 3.63) is 59.2 Å². The van der Waals surface area contributed by atoms with Crippen LogP contribution >= 0.6 is 0 Å². The van der Waals surface area contributed by atoms with Gasteiger partial charge >= 0.3 is 0 Å². The maximum Gasteiger partial charge on any atom is 0.195 e. The standard InChI is InChI=1S/C14H7NO/c15-8-9-4-3-7-11-10-5-1-2-6-12(10)14(16)13(9)11/h1-7H. The molecule has 2 aromatic rings. The third-order valence-corrected chi connectivity index (χ3v) is 2.87. The molecule has 1 aliphatic carbocycles. The molecular formula is C14H7NO. The summed E-state index contributed by atoms with van der Waals surface area (Å²) >= 11 is 0. The Morgan fingerprint density at radius 3 is 2.31 bits per heavy atom. The Morgan fingerprint density at radius 2 is 1.56 bits per heavy atom. The minimum Gasteiger partial charge on any atom is -0.289 e. The molecule has 0 amide bonds. The molecule has 0 fully saturated rings. The Balaban J connectivity index is 2.42. The van der Waals surface area contributed by atoms with Crippen LogP contribution in [0.15, 0.2) is 42.5 Å². The Bertz CT molecular complexity index is 650. The van der Waals surface area contributed by atoms with Crippen molar-refractivity contribution in [1.29, 1.82) is 5.26 Å². The maximum atomic E-state index is 12.1. The minimum absolute atomic E-state index is 0.0391. The molecule has 0 aliphatic heterocycles. The lowest BCUT2D eigenvalue weighted by atomic mass is 10.0. The Hall–Kier alpha value is -2.40. The number of hydrogen-bond acceptors (Lipinski definition) is 2. The smallest absolute Gasteiger partial charge is 0.195 e. The van der Waals surface area contributed by atoms with Crippen LogP contribution in [0.4, 0.5) is 0 Å². The van der Waals surface area contributed by atoms with Gasteiger partial charge in [-0.15, -0.1) is 0 Å². The van der Waals surface area contributed by atoms with Crippen LogP contribution in [0.1, 0.15) is 21.5 Å². The van der Waals surface area contributed by atoms with Crippen molar-refractivity contribution in [2.24, 2.45) is 0 Å². The highest BCUT2D eigenvalue weighted by Crippen LogP contribution is 2.37. The molecule has 0 saturated heterocycles. The summed E-state index contributed by atoms with van der Waals surface area (Å²) in [5, 5.41) is 9.00. The van der Waals surface area contributed by atoms with Crippen molar-refractivity contribution >= 4 is 5.78 Å². The largest absolute Gasteiger partial charge is 0.289 e. The van der Waals surface area contributed by atoms with Crippen LogP contribution in [0.3, 0.4) is 0 Å². The van der Waals surface area contributed by atoms with Gasteiger partial charge in [0.05, 0.1) is 11.6 Å². The number of ketones is 1. The molecule has 2 aromatic carbocycles. The molecule has 0 radical (unpaired) electrons. The maximum absolute atomic E-state index is 12.1. The van der Waals surface area contributed by atoms with E-state index in [1.54, 1.807) is 12.1 Å². The first-order chi connectivity index (χ1) is 7.83. The summed E-state index contributed by atoms with van der Waals surface area (Å²) in [7, 11) is 0. The average molecular weight is 205 g/mol.